The van der Waals surface area contributed by atoms with Crippen LogP contribution >= 0.6 is 11.3 Å². The summed E-state index contributed by atoms with van der Waals surface area (Å²) >= 11 is 1.66. The second-order valence-electron chi connectivity index (χ2n) is 3.92. The van der Waals surface area contributed by atoms with Crippen molar-refractivity contribution in [1.82, 2.24) is 4.98 Å². The highest BCUT2D eigenvalue weighted by Gasteiger charge is 2.16. The minimum Gasteiger partial charge on any atom is -0.494 e. The van der Waals surface area contributed by atoms with Crippen LogP contribution in [0, 0.1) is 0 Å². The van der Waals surface area contributed by atoms with Crippen molar-refractivity contribution in [2.24, 2.45) is 0 Å². The molecule has 5 heteroatoms. The summed E-state index contributed by atoms with van der Waals surface area (Å²) in [5.41, 5.74) is 4.07. The Morgan fingerprint density at radius 1 is 1.35 bits per heavy atom. The van der Waals surface area contributed by atoms with E-state index in [0.717, 1.165) is 37.6 Å². The number of benzene rings is 1. The van der Waals surface area contributed by atoms with Gasteiger partial charge in [-0.05, 0) is 12.1 Å². The molecule has 2 heterocycles. The Morgan fingerprint density at radius 2 is 2.18 bits per heavy atom. The van der Waals surface area contributed by atoms with Crippen LogP contribution in [0.25, 0.3) is 10.2 Å². The van der Waals surface area contributed by atoms with Crippen molar-refractivity contribution in [3.05, 3.63) is 17.6 Å². The normalized spacial score (nSPS) is 16.4. The number of ether oxygens (including phenoxy) is 2. The molecule has 3 rings (SSSR count). The fraction of sp³-hybridized carbons (Fsp3) is 0.417. The van der Waals surface area contributed by atoms with E-state index in [2.05, 4.69) is 16.0 Å². The van der Waals surface area contributed by atoms with Gasteiger partial charge in [0.05, 0.1) is 36.2 Å². The Hall–Kier alpha value is -1.33. The van der Waals surface area contributed by atoms with Crippen molar-refractivity contribution in [1.29, 1.82) is 0 Å². The summed E-state index contributed by atoms with van der Waals surface area (Å²) in [6, 6.07) is 4.11. The van der Waals surface area contributed by atoms with E-state index >= 15 is 0 Å². The van der Waals surface area contributed by atoms with E-state index < -0.39 is 0 Å². The maximum Gasteiger partial charge on any atom is 0.146 e. The van der Waals surface area contributed by atoms with Crippen LogP contribution in [0.2, 0.25) is 0 Å². The molecule has 0 atom stereocenters. The SMILES string of the molecule is COc1ccc(N2CCOCC2)c2scnc12. The third-order valence-corrected chi connectivity index (χ3v) is 3.85. The topological polar surface area (TPSA) is 34.6 Å². The summed E-state index contributed by atoms with van der Waals surface area (Å²) < 4.78 is 11.9. The summed E-state index contributed by atoms with van der Waals surface area (Å²) in [6.07, 6.45) is 0. The van der Waals surface area contributed by atoms with Crippen molar-refractivity contribution in [2.75, 3.05) is 38.3 Å². The second kappa shape index (κ2) is 4.50. The van der Waals surface area contributed by atoms with E-state index in [1.165, 1.54) is 10.4 Å². The van der Waals surface area contributed by atoms with Crippen LogP contribution < -0.4 is 9.64 Å². The predicted molar refractivity (Wildman–Crippen MR) is 69.2 cm³/mol. The van der Waals surface area contributed by atoms with Crippen molar-refractivity contribution >= 4 is 27.2 Å². The van der Waals surface area contributed by atoms with E-state index in [-0.39, 0.29) is 0 Å². The highest BCUT2D eigenvalue weighted by molar-refractivity contribution is 7.17. The zero-order valence-electron chi connectivity index (χ0n) is 9.68. The summed E-state index contributed by atoms with van der Waals surface area (Å²) in [5, 5.41) is 0. The lowest BCUT2D eigenvalue weighted by atomic mass is 10.2. The fourth-order valence-corrected chi connectivity index (χ4v) is 2.98. The van der Waals surface area contributed by atoms with Gasteiger partial charge in [0.1, 0.15) is 11.3 Å². The molecule has 0 radical (unpaired) electrons. The van der Waals surface area contributed by atoms with Crippen LogP contribution in [-0.2, 0) is 4.74 Å². The molecular weight excluding hydrogens is 236 g/mol. The number of nitrogens with zero attached hydrogens (tertiary/aromatic N) is 2. The number of fused-ring (bicyclic) bond motifs is 1. The molecule has 1 fully saturated rings. The summed E-state index contributed by atoms with van der Waals surface area (Å²) in [7, 11) is 1.68. The zero-order valence-corrected chi connectivity index (χ0v) is 10.5. The van der Waals surface area contributed by atoms with E-state index in [1.54, 1.807) is 18.4 Å². The Balaban J connectivity index is 2.07. The molecule has 0 amide bonds. The number of aromatic nitrogens is 1. The van der Waals surface area contributed by atoms with E-state index in [4.69, 9.17) is 9.47 Å². The average molecular weight is 250 g/mol. The second-order valence-corrected chi connectivity index (χ2v) is 4.77. The van der Waals surface area contributed by atoms with Crippen LogP contribution in [0.1, 0.15) is 0 Å². The monoisotopic (exact) mass is 250 g/mol. The number of morpholine rings is 1. The lowest BCUT2D eigenvalue weighted by Gasteiger charge is -2.29. The molecule has 1 aromatic heterocycles. The number of rotatable bonds is 2. The molecule has 90 valence electrons. The summed E-state index contributed by atoms with van der Waals surface area (Å²) in [5.74, 6) is 0.846. The Labute approximate surface area is 104 Å². The first kappa shape index (κ1) is 10.8. The van der Waals surface area contributed by atoms with Crippen LogP contribution in [0.4, 0.5) is 5.69 Å². The zero-order chi connectivity index (χ0) is 11.7. The maximum atomic E-state index is 5.38. The highest BCUT2D eigenvalue weighted by atomic mass is 32.1. The minimum atomic E-state index is 0.798. The van der Waals surface area contributed by atoms with E-state index in [9.17, 15) is 0 Å². The molecule has 4 nitrogen and oxygen atoms in total. The van der Waals surface area contributed by atoms with Crippen LogP contribution in [-0.4, -0.2) is 38.4 Å². The quantitative estimate of drug-likeness (QED) is 0.818. The lowest BCUT2D eigenvalue weighted by Crippen LogP contribution is -2.36. The summed E-state index contributed by atoms with van der Waals surface area (Å²) in [4.78, 5) is 6.73. The van der Waals surface area contributed by atoms with Gasteiger partial charge in [-0.3, -0.25) is 0 Å². The highest BCUT2D eigenvalue weighted by Crippen LogP contribution is 2.35. The smallest absolute Gasteiger partial charge is 0.146 e. The Kier molecular flexibility index (Phi) is 2.86. The molecule has 1 saturated heterocycles. The molecule has 0 bridgehead atoms. The molecular formula is C12H14N2O2S. The molecule has 0 aliphatic carbocycles. The third kappa shape index (κ3) is 1.85. The molecule has 1 aliphatic rings. The van der Waals surface area contributed by atoms with Crippen molar-refractivity contribution in [2.45, 2.75) is 0 Å². The third-order valence-electron chi connectivity index (χ3n) is 3.00. The molecule has 0 saturated carbocycles. The van der Waals surface area contributed by atoms with Crippen molar-refractivity contribution in [3.8, 4) is 5.75 Å². The van der Waals surface area contributed by atoms with Crippen molar-refractivity contribution < 1.29 is 9.47 Å². The van der Waals surface area contributed by atoms with Crippen LogP contribution in [0.15, 0.2) is 17.6 Å². The fourth-order valence-electron chi connectivity index (χ4n) is 2.13. The first-order valence-corrected chi connectivity index (χ1v) is 6.51. The number of hydrogen-bond donors (Lipinski definition) is 0. The first-order valence-electron chi connectivity index (χ1n) is 5.63. The molecule has 2 aromatic rings. The van der Waals surface area contributed by atoms with E-state index in [1.807, 2.05) is 11.6 Å². The molecule has 0 spiro atoms. The van der Waals surface area contributed by atoms with Gasteiger partial charge in [0.2, 0.25) is 0 Å². The van der Waals surface area contributed by atoms with Gasteiger partial charge in [0.15, 0.2) is 0 Å². The van der Waals surface area contributed by atoms with Crippen LogP contribution in [0.3, 0.4) is 0 Å². The summed E-state index contributed by atoms with van der Waals surface area (Å²) in [6.45, 7) is 3.48. The molecule has 1 aliphatic heterocycles. The van der Waals surface area contributed by atoms with Gasteiger partial charge in [-0.2, -0.15) is 0 Å². The number of anilines is 1. The number of thiazole rings is 1. The molecule has 0 unspecified atom stereocenters. The minimum absolute atomic E-state index is 0.798. The molecule has 17 heavy (non-hydrogen) atoms. The van der Waals surface area contributed by atoms with Gasteiger partial charge in [-0.25, -0.2) is 4.98 Å². The largest absolute Gasteiger partial charge is 0.494 e. The Morgan fingerprint density at radius 3 is 2.94 bits per heavy atom. The van der Waals surface area contributed by atoms with E-state index in [0.29, 0.717) is 0 Å². The van der Waals surface area contributed by atoms with Gasteiger partial charge in [0, 0.05) is 13.1 Å². The first-order chi connectivity index (χ1) is 8.40. The van der Waals surface area contributed by atoms with Gasteiger partial charge in [-0.15, -0.1) is 11.3 Å². The van der Waals surface area contributed by atoms with Crippen molar-refractivity contribution in [3.63, 3.8) is 0 Å². The van der Waals surface area contributed by atoms with Gasteiger partial charge >= 0.3 is 0 Å². The number of methoxy groups -OCH3 is 1. The lowest BCUT2D eigenvalue weighted by molar-refractivity contribution is 0.123. The van der Waals surface area contributed by atoms with Gasteiger partial charge in [-0.1, -0.05) is 0 Å². The molecule has 0 N–H and O–H groups in total. The van der Waals surface area contributed by atoms with Gasteiger partial charge < -0.3 is 14.4 Å². The molecule has 1 aromatic carbocycles. The van der Waals surface area contributed by atoms with Crippen LogP contribution in [0.5, 0.6) is 5.75 Å². The maximum absolute atomic E-state index is 5.38. The van der Waals surface area contributed by atoms with Gasteiger partial charge in [0.25, 0.3) is 0 Å². The Bertz CT molecular complexity index is 520. The predicted octanol–water partition coefficient (Wildman–Crippen LogP) is 2.14. The number of hydrogen-bond acceptors (Lipinski definition) is 5. The average Bonchev–Trinajstić information content (AvgIpc) is 2.88. The standard InChI is InChI=1S/C12H14N2O2S/c1-15-10-3-2-9(12-11(10)13-8-17-12)14-4-6-16-7-5-14/h2-3,8H,4-7H2,1H3.